The average Bonchev–Trinajstić information content (AvgIpc) is 3.18. The molecule has 7 heteroatoms. The van der Waals surface area contributed by atoms with Gasteiger partial charge in [-0.1, -0.05) is 35.9 Å². The Labute approximate surface area is 190 Å². The van der Waals surface area contributed by atoms with Crippen molar-refractivity contribution in [3.63, 3.8) is 0 Å². The van der Waals surface area contributed by atoms with Gasteiger partial charge in [0, 0.05) is 17.7 Å². The van der Waals surface area contributed by atoms with Crippen LogP contribution < -0.4 is 9.47 Å². The minimum absolute atomic E-state index is 0.0266. The number of ether oxygens (including phenoxy) is 3. The molecule has 0 spiro atoms. The van der Waals surface area contributed by atoms with Crippen LogP contribution in [0.5, 0.6) is 11.5 Å². The fourth-order valence-corrected chi connectivity index (χ4v) is 3.30. The van der Waals surface area contributed by atoms with E-state index < -0.39 is 10.9 Å². The van der Waals surface area contributed by atoms with Gasteiger partial charge in [-0.15, -0.1) is 0 Å². The van der Waals surface area contributed by atoms with Gasteiger partial charge in [0.15, 0.2) is 11.5 Å². The first-order chi connectivity index (χ1) is 15.9. The number of nitro benzene ring substituents is 1. The topological polar surface area (TPSA) is 87.9 Å². The van der Waals surface area contributed by atoms with Gasteiger partial charge in [0.25, 0.3) is 5.69 Å². The molecule has 0 aliphatic carbocycles. The van der Waals surface area contributed by atoms with Crippen molar-refractivity contribution in [2.24, 2.45) is 0 Å². The third-order valence-corrected chi connectivity index (χ3v) is 5.11. The molecule has 166 valence electrons. The summed E-state index contributed by atoms with van der Waals surface area (Å²) in [6.45, 7) is 2.22. The third-order valence-electron chi connectivity index (χ3n) is 5.11. The van der Waals surface area contributed by atoms with Crippen LogP contribution in [0.25, 0.3) is 11.8 Å². The van der Waals surface area contributed by atoms with Gasteiger partial charge in [-0.3, -0.25) is 10.1 Å². The van der Waals surface area contributed by atoms with Gasteiger partial charge < -0.3 is 14.2 Å². The Morgan fingerprint density at radius 3 is 2.39 bits per heavy atom. The van der Waals surface area contributed by atoms with Gasteiger partial charge in [-0.2, -0.15) is 0 Å². The predicted octanol–water partition coefficient (Wildman–Crippen LogP) is 5.47. The molecule has 1 aliphatic heterocycles. The van der Waals surface area contributed by atoms with Crippen LogP contribution in [0.3, 0.4) is 0 Å². The summed E-state index contributed by atoms with van der Waals surface area (Å²) in [5.41, 5.74) is 3.97. The average molecular weight is 443 g/mol. The van der Waals surface area contributed by atoms with E-state index in [1.54, 1.807) is 36.4 Å². The predicted molar refractivity (Wildman–Crippen MR) is 124 cm³/mol. The Hall–Kier alpha value is -4.39. The summed E-state index contributed by atoms with van der Waals surface area (Å²) >= 11 is 0. The number of nitrogens with zero attached hydrogens (tertiary/aromatic N) is 1. The lowest BCUT2D eigenvalue weighted by atomic mass is 10.1. The highest BCUT2D eigenvalue weighted by molar-refractivity contribution is 6.05. The fraction of sp³-hybridized carbons (Fsp3) is 0.115. The number of cyclic esters (lactones) is 1. The minimum Gasteiger partial charge on any atom is -0.493 e. The highest BCUT2D eigenvalue weighted by atomic mass is 16.6. The second-order valence-corrected chi connectivity index (χ2v) is 7.49. The number of methoxy groups -OCH3 is 1. The summed E-state index contributed by atoms with van der Waals surface area (Å²) in [5, 5.41) is 10.8. The molecular formula is C26H21NO6. The zero-order valence-corrected chi connectivity index (χ0v) is 18.1. The number of hydrogen-bond donors (Lipinski definition) is 0. The molecular weight excluding hydrogens is 422 g/mol. The Bertz CT molecular complexity index is 1260. The highest BCUT2D eigenvalue weighted by Gasteiger charge is 2.22. The molecule has 3 aromatic carbocycles. The highest BCUT2D eigenvalue weighted by Crippen LogP contribution is 2.32. The number of rotatable bonds is 7. The van der Waals surface area contributed by atoms with Crippen LogP contribution >= 0.6 is 0 Å². The number of hydrogen-bond acceptors (Lipinski definition) is 6. The van der Waals surface area contributed by atoms with Crippen molar-refractivity contribution in [3.8, 4) is 11.5 Å². The van der Waals surface area contributed by atoms with Crippen LogP contribution in [0, 0.1) is 17.0 Å². The first-order valence-electron chi connectivity index (χ1n) is 10.2. The van der Waals surface area contributed by atoms with Gasteiger partial charge in [-0.05, 0) is 54.5 Å². The van der Waals surface area contributed by atoms with E-state index >= 15 is 0 Å². The molecule has 0 aromatic heterocycles. The number of carbonyl (C=O) groups is 1. The van der Waals surface area contributed by atoms with Crippen molar-refractivity contribution < 1.29 is 23.9 Å². The monoisotopic (exact) mass is 443 g/mol. The molecule has 1 heterocycles. The van der Waals surface area contributed by atoms with E-state index in [2.05, 4.69) is 0 Å². The van der Waals surface area contributed by atoms with Crippen LogP contribution in [0.2, 0.25) is 0 Å². The summed E-state index contributed by atoms with van der Waals surface area (Å²) in [7, 11) is 1.53. The van der Waals surface area contributed by atoms with Crippen LogP contribution in [-0.2, 0) is 16.1 Å². The largest absolute Gasteiger partial charge is 0.493 e. The summed E-state index contributed by atoms with van der Waals surface area (Å²) in [6.07, 6.45) is 3.45. The number of esters is 1. The number of carbonyl (C=O) groups excluding carboxylic acids is 1. The van der Waals surface area contributed by atoms with E-state index in [9.17, 15) is 14.9 Å². The van der Waals surface area contributed by atoms with E-state index in [-0.39, 0.29) is 12.3 Å². The van der Waals surface area contributed by atoms with Crippen molar-refractivity contribution in [1.82, 2.24) is 0 Å². The molecule has 0 N–H and O–H groups in total. The van der Waals surface area contributed by atoms with E-state index in [0.717, 1.165) is 22.3 Å². The number of nitro groups is 1. The zero-order valence-electron chi connectivity index (χ0n) is 18.1. The molecule has 0 amide bonds. The number of benzene rings is 3. The normalized spacial score (nSPS) is 14.1. The Morgan fingerprint density at radius 2 is 1.73 bits per heavy atom. The van der Waals surface area contributed by atoms with Crippen LogP contribution in [0.15, 0.2) is 78.4 Å². The zero-order chi connectivity index (χ0) is 23.4. The van der Waals surface area contributed by atoms with E-state index in [4.69, 9.17) is 14.2 Å². The lowest BCUT2D eigenvalue weighted by Crippen LogP contribution is -1.99. The fourth-order valence-electron chi connectivity index (χ4n) is 3.30. The summed E-state index contributed by atoms with van der Waals surface area (Å²) in [4.78, 5) is 22.7. The van der Waals surface area contributed by atoms with E-state index in [0.29, 0.717) is 22.8 Å². The molecule has 33 heavy (non-hydrogen) atoms. The number of aryl methyl sites for hydroxylation is 1. The first kappa shape index (κ1) is 21.8. The molecule has 0 atom stereocenters. The van der Waals surface area contributed by atoms with Crippen molar-refractivity contribution in [1.29, 1.82) is 0 Å². The molecule has 7 nitrogen and oxygen atoms in total. The number of non-ortho nitro benzene ring substituents is 1. The van der Waals surface area contributed by atoms with Crippen LogP contribution in [0.1, 0.15) is 22.3 Å². The Balaban J connectivity index is 1.50. The second kappa shape index (κ2) is 9.40. The quantitative estimate of drug-likeness (QED) is 0.208. The van der Waals surface area contributed by atoms with Gasteiger partial charge in [0.1, 0.15) is 12.4 Å². The molecule has 3 aromatic rings. The lowest BCUT2D eigenvalue weighted by molar-refractivity contribution is -0.384. The first-order valence-corrected chi connectivity index (χ1v) is 10.2. The Morgan fingerprint density at radius 1 is 1.00 bits per heavy atom. The van der Waals surface area contributed by atoms with Crippen molar-refractivity contribution in [2.75, 3.05) is 7.11 Å². The maximum atomic E-state index is 12.3. The molecule has 0 unspecified atom stereocenters. The van der Waals surface area contributed by atoms with Gasteiger partial charge in [-0.25, -0.2) is 4.79 Å². The van der Waals surface area contributed by atoms with Crippen LogP contribution in [-0.4, -0.2) is 18.0 Å². The van der Waals surface area contributed by atoms with Crippen molar-refractivity contribution in [3.05, 3.63) is 111 Å². The molecule has 0 radical (unpaired) electrons. The molecule has 1 aliphatic rings. The van der Waals surface area contributed by atoms with Gasteiger partial charge in [0.05, 0.1) is 17.6 Å². The summed E-state index contributed by atoms with van der Waals surface area (Å²) in [5.74, 6) is 1.12. The van der Waals surface area contributed by atoms with E-state index in [1.807, 2.05) is 37.3 Å². The maximum Gasteiger partial charge on any atom is 0.343 e. The molecule has 0 saturated heterocycles. The van der Waals surface area contributed by atoms with Gasteiger partial charge in [0.2, 0.25) is 0 Å². The van der Waals surface area contributed by atoms with Gasteiger partial charge >= 0.3 is 5.97 Å². The molecule has 0 saturated carbocycles. The third kappa shape index (κ3) is 5.10. The maximum absolute atomic E-state index is 12.3. The molecule has 0 fully saturated rings. The smallest absolute Gasteiger partial charge is 0.343 e. The molecule has 4 rings (SSSR count). The lowest BCUT2D eigenvalue weighted by Gasteiger charge is -2.11. The standard InChI is InChI=1S/C26H21NO6/c1-17-3-8-20(9-4-17)24-15-21(26(28)33-24)13-19-7-12-23(25(14-19)31-2)32-16-18-5-10-22(11-6-18)27(29)30/h3-15H,16H2,1-2H3/b21-13+. The van der Waals surface area contributed by atoms with Crippen molar-refractivity contribution in [2.45, 2.75) is 13.5 Å². The Kier molecular flexibility index (Phi) is 6.22. The summed E-state index contributed by atoms with van der Waals surface area (Å²) < 4.78 is 16.7. The van der Waals surface area contributed by atoms with Crippen molar-refractivity contribution >= 4 is 23.5 Å². The summed E-state index contributed by atoms with van der Waals surface area (Å²) in [6, 6.07) is 19.2. The minimum atomic E-state index is -0.444. The second-order valence-electron chi connectivity index (χ2n) is 7.49. The SMILES string of the molecule is COc1cc(/C=C2\C=C(c3ccc(C)cc3)OC2=O)ccc1OCc1ccc([N+](=O)[O-])cc1. The molecule has 0 bridgehead atoms. The van der Waals surface area contributed by atoms with E-state index in [1.165, 1.54) is 19.2 Å². The van der Waals surface area contributed by atoms with Crippen LogP contribution in [0.4, 0.5) is 5.69 Å².